The molecule has 4 aromatic heterocycles. The SMILES string of the molecule is Br.Br.Br.Br.C1=Cc2cc3cc(-c4ccc(OCCc5ccccn5)cc4)c(cc4nc(cc5ccc(cc1n2)[nH]5)-c1c-4ccc2ccccc12)[nH]3. The molecule has 0 atom stereocenters. The Labute approximate surface area is 337 Å². The zero-order valence-electron chi connectivity index (χ0n) is 27.1. The van der Waals surface area contributed by atoms with E-state index in [0.717, 1.165) is 85.0 Å². The van der Waals surface area contributed by atoms with Gasteiger partial charge in [-0.1, -0.05) is 54.6 Å². The van der Waals surface area contributed by atoms with Crippen LogP contribution in [0.3, 0.4) is 0 Å². The zero-order valence-corrected chi connectivity index (χ0v) is 33.9. The van der Waals surface area contributed by atoms with Crippen LogP contribution in [-0.4, -0.2) is 31.5 Å². The number of nitrogens with one attached hydrogen (secondary N) is 2. The van der Waals surface area contributed by atoms with Gasteiger partial charge in [0.25, 0.3) is 0 Å². The van der Waals surface area contributed by atoms with Gasteiger partial charge in [-0.15, -0.1) is 67.9 Å². The molecule has 10 heteroatoms. The van der Waals surface area contributed by atoms with Crippen molar-refractivity contribution in [2.75, 3.05) is 6.61 Å². The highest BCUT2D eigenvalue weighted by atomic mass is 79.9. The number of rotatable bonds is 5. The molecule has 6 nitrogen and oxygen atoms in total. The van der Waals surface area contributed by atoms with E-state index in [2.05, 4.69) is 106 Å². The average Bonchev–Trinajstić information content (AvgIpc) is 3.90. The number of fused-ring (bicyclic) bond motifs is 13. The Morgan fingerprint density at radius 1 is 0.569 bits per heavy atom. The molecule has 0 saturated heterocycles. The van der Waals surface area contributed by atoms with Gasteiger partial charge in [0.1, 0.15) is 5.75 Å². The maximum Gasteiger partial charge on any atom is 0.119 e. The van der Waals surface area contributed by atoms with Gasteiger partial charge in [0.15, 0.2) is 0 Å². The lowest BCUT2D eigenvalue weighted by Crippen LogP contribution is -2.02. The predicted octanol–water partition coefficient (Wildman–Crippen LogP) is 12.0. The summed E-state index contributed by atoms with van der Waals surface area (Å²) >= 11 is 0. The molecule has 2 aliphatic heterocycles. The van der Waals surface area contributed by atoms with E-state index in [9.17, 15) is 0 Å². The number of nitrogens with zero attached hydrogens (tertiary/aromatic N) is 3. The fourth-order valence-electron chi connectivity index (χ4n) is 6.45. The second-order valence-corrected chi connectivity index (χ2v) is 11.8. The van der Waals surface area contributed by atoms with Crippen LogP contribution in [0.25, 0.3) is 78.6 Å². The molecular formula is C41H33Br4N5O. The van der Waals surface area contributed by atoms with Crippen LogP contribution in [-0.2, 0) is 6.42 Å². The summed E-state index contributed by atoms with van der Waals surface area (Å²) in [4.78, 5) is 21.7. The fourth-order valence-corrected chi connectivity index (χ4v) is 6.45. The van der Waals surface area contributed by atoms with Crippen molar-refractivity contribution in [1.82, 2.24) is 24.9 Å². The van der Waals surface area contributed by atoms with Crippen LogP contribution in [0.4, 0.5) is 0 Å². The van der Waals surface area contributed by atoms with Gasteiger partial charge in [-0.25, -0.2) is 9.97 Å². The molecule has 0 aliphatic carbocycles. The normalized spacial score (nSPS) is 11.0. The first kappa shape index (κ1) is 37.9. The van der Waals surface area contributed by atoms with E-state index >= 15 is 0 Å². The molecule has 0 unspecified atom stereocenters. The Balaban J connectivity index is 0.00000126. The van der Waals surface area contributed by atoms with Gasteiger partial charge in [0.2, 0.25) is 0 Å². The number of hydrogen-bond donors (Lipinski definition) is 2. The fraction of sp³-hybridized carbons (Fsp3) is 0.0488. The summed E-state index contributed by atoms with van der Waals surface area (Å²) in [5.74, 6) is 0.830. The van der Waals surface area contributed by atoms with Crippen molar-refractivity contribution < 1.29 is 4.74 Å². The summed E-state index contributed by atoms with van der Waals surface area (Å²) in [6.45, 7) is 0.568. The maximum atomic E-state index is 6.06. The van der Waals surface area contributed by atoms with Crippen molar-refractivity contribution in [2.24, 2.45) is 0 Å². The molecule has 9 rings (SSSR count). The van der Waals surface area contributed by atoms with Crippen LogP contribution in [0.15, 0.2) is 128 Å². The number of aromatic nitrogens is 5. The monoisotopic (exact) mass is 927 g/mol. The number of aromatic amines is 2. The van der Waals surface area contributed by atoms with Crippen molar-refractivity contribution in [3.63, 3.8) is 0 Å². The lowest BCUT2D eigenvalue weighted by molar-refractivity contribution is 0.320. The van der Waals surface area contributed by atoms with Gasteiger partial charge in [-0.3, -0.25) is 4.98 Å². The van der Waals surface area contributed by atoms with Crippen molar-refractivity contribution in [2.45, 2.75) is 6.42 Å². The molecule has 3 aromatic carbocycles. The largest absolute Gasteiger partial charge is 0.493 e. The topological polar surface area (TPSA) is 79.5 Å². The highest BCUT2D eigenvalue weighted by molar-refractivity contribution is 8.93. The van der Waals surface area contributed by atoms with E-state index in [-0.39, 0.29) is 67.9 Å². The minimum absolute atomic E-state index is 0. The van der Waals surface area contributed by atoms with Gasteiger partial charge < -0.3 is 14.7 Å². The molecule has 256 valence electrons. The molecule has 0 fully saturated rings. The second kappa shape index (κ2) is 16.3. The van der Waals surface area contributed by atoms with E-state index in [0.29, 0.717) is 6.61 Å². The minimum Gasteiger partial charge on any atom is -0.493 e. The highest BCUT2D eigenvalue weighted by Crippen LogP contribution is 2.41. The Hall–Kier alpha value is -4.35. The third-order valence-corrected chi connectivity index (χ3v) is 8.68. The van der Waals surface area contributed by atoms with Crippen LogP contribution in [0.1, 0.15) is 17.1 Å². The van der Waals surface area contributed by atoms with Gasteiger partial charge in [-0.05, 0) is 95.2 Å². The summed E-state index contributed by atoms with van der Waals surface area (Å²) in [5, 5.41) is 2.38. The first-order valence-electron chi connectivity index (χ1n) is 15.8. The molecule has 51 heavy (non-hydrogen) atoms. The number of hydrogen-bond acceptors (Lipinski definition) is 4. The van der Waals surface area contributed by atoms with Gasteiger partial charge in [0, 0.05) is 57.1 Å². The summed E-state index contributed by atoms with van der Waals surface area (Å²) in [5.41, 5.74) is 13.0. The van der Waals surface area contributed by atoms with Crippen molar-refractivity contribution in [3.8, 4) is 39.4 Å². The molecule has 2 aliphatic rings. The van der Waals surface area contributed by atoms with Gasteiger partial charge >= 0.3 is 0 Å². The molecule has 7 aromatic rings. The summed E-state index contributed by atoms with van der Waals surface area (Å²) in [6.07, 6.45) is 6.66. The molecule has 0 spiro atoms. The molecule has 0 radical (unpaired) electrons. The van der Waals surface area contributed by atoms with Gasteiger partial charge in [-0.2, -0.15) is 0 Å². The minimum atomic E-state index is 0. The molecule has 0 amide bonds. The molecule has 0 saturated carbocycles. The predicted molar refractivity (Wildman–Crippen MR) is 232 cm³/mol. The standard InChI is InChI=1S/C41H29N5O.4BrH/c1-2-7-35-26(5-1)10-17-36-38-25-39-37(27-8-15-34(16-9-27)47-20-18-28-6-3-4-19-42-28)23-33(45-39)22-31-12-11-29(43-31)21-30-13-14-32(44-30)24-40(46-38)41(35)36;;;;/h1-17,19,21-25,44-45H,18,20H2;4*1H. The number of benzene rings is 3. The van der Waals surface area contributed by atoms with Crippen molar-refractivity contribution in [3.05, 3.63) is 145 Å². The molecule has 6 heterocycles. The Bertz CT molecular complexity index is 2510. The summed E-state index contributed by atoms with van der Waals surface area (Å²) < 4.78 is 6.06. The number of H-pyrrole nitrogens is 2. The van der Waals surface area contributed by atoms with Crippen LogP contribution in [0.2, 0.25) is 0 Å². The van der Waals surface area contributed by atoms with Crippen molar-refractivity contribution >= 4 is 113 Å². The van der Waals surface area contributed by atoms with Crippen LogP contribution in [0.5, 0.6) is 5.75 Å². The number of halogens is 4. The average molecular weight is 931 g/mol. The third kappa shape index (κ3) is 7.79. The van der Waals surface area contributed by atoms with Crippen molar-refractivity contribution in [1.29, 1.82) is 0 Å². The molecular weight excluding hydrogens is 898 g/mol. The number of ether oxygens (including phenoxy) is 1. The zero-order chi connectivity index (χ0) is 31.2. The lowest BCUT2D eigenvalue weighted by atomic mass is 9.97. The van der Waals surface area contributed by atoms with E-state index in [1.165, 1.54) is 10.8 Å². The van der Waals surface area contributed by atoms with E-state index in [1.807, 2.05) is 48.7 Å². The summed E-state index contributed by atoms with van der Waals surface area (Å²) in [6, 6.07) is 42.0. The second-order valence-electron chi connectivity index (χ2n) is 11.8. The number of pyridine rings is 1. The maximum absolute atomic E-state index is 6.06. The third-order valence-electron chi connectivity index (χ3n) is 8.68. The van der Waals surface area contributed by atoms with Crippen LogP contribution in [0, 0.1) is 0 Å². The molecule has 8 bridgehead atoms. The lowest BCUT2D eigenvalue weighted by Gasteiger charge is -2.07. The smallest absolute Gasteiger partial charge is 0.119 e. The Morgan fingerprint density at radius 3 is 2.10 bits per heavy atom. The first-order chi connectivity index (χ1) is 23.2. The quantitative estimate of drug-likeness (QED) is 0.180. The van der Waals surface area contributed by atoms with Crippen LogP contribution >= 0.6 is 67.9 Å². The Morgan fingerprint density at radius 2 is 1.31 bits per heavy atom. The highest BCUT2D eigenvalue weighted by Gasteiger charge is 2.19. The van der Waals surface area contributed by atoms with Crippen LogP contribution < -0.4 is 4.74 Å². The van der Waals surface area contributed by atoms with E-state index < -0.39 is 0 Å². The van der Waals surface area contributed by atoms with E-state index in [1.54, 1.807) is 0 Å². The van der Waals surface area contributed by atoms with E-state index in [4.69, 9.17) is 14.7 Å². The molecule has 2 N–H and O–H groups in total. The van der Waals surface area contributed by atoms with Gasteiger partial charge in [0.05, 0.1) is 29.4 Å². The summed E-state index contributed by atoms with van der Waals surface area (Å²) in [7, 11) is 0. The Kier molecular flexibility index (Phi) is 12.1. The first-order valence-corrected chi connectivity index (χ1v) is 15.8.